The summed E-state index contributed by atoms with van der Waals surface area (Å²) in [5.41, 5.74) is -1.26. The number of aromatic nitrogens is 5. The number of methoxy groups -OCH3 is 1. The van der Waals surface area contributed by atoms with Gasteiger partial charge in [-0.05, 0) is 41.2 Å². The highest BCUT2D eigenvalue weighted by Crippen LogP contribution is 2.42. The summed E-state index contributed by atoms with van der Waals surface area (Å²) in [6, 6.07) is 0.144. The Bertz CT molecular complexity index is 1380. The van der Waals surface area contributed by atoms with Gasteiger partial charge in [0.2, 0.25) is 12.1 Å². The number of ether oxygens (including phenoxy) is 1. The van der Waals surface area contributed by atoms with Crippen LogP contribution in [0.15, 0.2) is 23.1 Å². The van der Waals surface area contributed by atoms with Crippen molar-refractivity contribution >= 4 is 17.6 Å². The predicted molar refractivity (Wildman–Crippen MR) is 131 cm³/mol. The normalized spacial score (nSPS) is 17.4. The third-order valence-corrected chi connectivity index (χ3v) is 7.05. The van der Waals surface area contributed by atoms with Crippen molar-refractivity contribution in [3.8, 4) is 5.88 Å². The van der Waals surface area contributed by atoms with E-state index in [1.54, 1.807) is 6.07 Å². The minimum atomic E-state index is -4.48. The van der Waals surface area contributed by atoms with Gasteiger partial charge in [-0.2, -0.15) is 18.3 Å². The Morgan fingerprint density at radius 2 is 2.05 bits per heavy atom. The van der Waals surface area contributed by atoms with Crippen molar-refractivity contribution < 1.29 is 40.9 Å². The van der Waals surface area contributed by atoms with E-state index in [2.05, 4.69) is 35.7 Å². The van der Waals surface area contributed by atoms with Crippen molar-refractivity contribution in [3.05, 3.63) is 35.4 Å². The van der Waals surface area contributed by atoms with Crippen LogP contribution in [-0.4, -0.2) is 74.6 Å². The molecular weight excluding hydrogens is 559 g/mol. The molecule has 3 aromatic heterocycles. The van der Waals surface area contributed by atoms with Gasteiger partial charge >= 0.3 is 12.2 Å². The van der Waals surface area contributed by atoms with E-state index in [0.29, 0.717) is 11.2 Å². The number of halogens is 5. The van der Waals surface area contributed by atoms with Gasteiger partial charge in [-0.25, -0.2) is 27.7 Å². The van der Waals surface area contributed by atoms with E-state index in [9.17, 15) is 31.5 Å². The number of hydrogen-bond donors (Lipinski definition) is 2. The molecule has 4 heterocycles. The second kappa shape index (κ2) is 11.8. The van der Waals surface area contributed by atoms with Crippen molar-refractivity contribution in [2.24, 2.45) is 11.3 Å². The van der Waals surface area contributed by atoms with Crippen LogP contribution < -0.4 is 15.4 Å². The topological polar surface area (TPSA) is 140 Å². The molecule has 2 atom stereocenters. The second-order valence-electron chi connectivity index (χ2n) is 10.4. The third-order valence-electron chi connectivity index (χ3n) is 7.05. The van der Waals surface area contributed by atoms with Crippen LogP contribution in [-0.2, 0) is 6.54 Å². The van der Waals surface area contributed by atoms with Crippen molar-refractivity contribution in [3.63, 3.8) is 0 Å². The summed E-state index contributed by atoms with van der Waals surface area (Å²) in [6.45, 7) is 2.21. The Morgan fingerprint density at radius 3 is 2.73 bits per heavy atom. The van der Waals surface area contributed by atoms with Crippen LogP contribution in [0.3, 0.4) is 0 Å². The summed E-state index contributed by atoms with van der Waals surface area (Å²) in [5, 5.41) is 16.3. The molecule has 0 spiro atoms. The van der Waals surface area contributed by atoms with E-state index in [4.69, 9.17) is 4.74 Å². The number of imidazole rings is 1. The molecule has 224 valence electrons. The molecule has 2 N–H and O–H groups in total. The SMILES string of the molecule is COc1nonc1C(=O)N[C@@H](CCC(C)(C)C(F)(F)F)c1cn2ncc(CN3CC[C@H](C(F)F)CNC3=O)cc2n1. The largest absolute Gasteiger partial charge is 0.477 e. The minimum absolute atomic E-state index is 0.0758. The van der Waals surface area contributed by atoms with Crippen molar-refractivity contribution in [2.45, 2.75) is 58.3 Å². The van der Waals surface area contributed by atoms with Gasteiger partial charge in [0.1, 0.15) is 0 Å². The standard InChI is InChI=1S/C24H29F5N8O4/c1-23(2,24(27,28)29)6-4-15(33-20(38)18-21(40-3)35-41-34-18)16-12-37-17(32-16)8-13(9-31-37)11-36-7-5-14(19(25)26)10-30-22(36)39/h8-9,12,14-15,19H,4-7,10-11H2,1-3H3,(H,30,39)(H,33,38)/t14-,15-/m0/s1. The van der Waals surface area contributed by atoms with Gasteiger partial charge < -0.3 is 20.3 Å². The lowest BCUT2D eigenvalue weighted by molar-refractivity contribution is -0.214. The Labute approximate surface area is 230 Å². The van der Waals surface area contributed by atoms with Gasteiger partial charge in [0.05, 0.1) is 36.7 Å². The maximum absolute atomic E-state index is 13.6. The molecule has 1 aliphatic rings. The highest BCUT2D eigenvalue weighted by atomic mass is 19.4. The molecule has 1 aliphatic heterocycles. The van der Waals surface area contributed by atoms with Crippen LogP contribution >= 0.6 is 0 Å². The maximum Gasteiger partial charge on any atom is 0.393 e. The monoisotopic (exact) mass is 588 g/mol. The van der Waals surface area contributed by atoms with Gasteiger partial charge in [-0.15, -0.1) is 0 Å². The van der Waals surface area contributed by atoms with Gasteiger partial charge in [-0.1, -0.05) is 13.8 Å². The van der Waals surface area contributed by atoms with Gasteiger partial charge in [0.15, 0.2) is 5.65 Å². The van der Waals surface area contributed by atoms with Crippen molar-refractivity contribution in [1.82, 2.24) is 40.4 Å². The lowest BCUT2D eigenvalue weighted by atomic mass is 9.85. The summed E-state index contributed by atoms with van der Waals surface area (Å²) >= 11 is 0. The Morgan fingerprint density at radius 1 is 1.29 bits per heavy atom. The second-order valence-corrected chi connectivity index (χ2v) is 10.4. The number of nitrogens with one attached hydrogen (secondary N) is 2. The molecule has 0 saturated carbocycles. The molecular formula is C24H29F5N8O4. The number of carbonyl (C=O) groups is 2. The minimum Gasteiger partial charge on any atom is -0.477 e. The number of fused-ring (bicyclic) bond motifs is 1. The van der Waals surface area contributed by atoms with Crippen LogP contribution in [0, 0.1) is 11.3 Å². The molecule has 1 saturated heterocycles. The van der Waals surface area contributed by atoms with Crippen LogP contribution in [0.25, 0.3) is 5.65 Å². The molecule has 0 radical (unpaired) electrons. The zero-order valence-corrected chi connectivity index (χ0v) is 22.4. The van der Waals surface area contributed by atoms with Crippen molar-refractivity contribution in [1.29, 1.82) is 0 Å². The number of alkyl halides is 5. The van der Waals surface area contributed by atoms with Crippen molar-refractivity contribution in [2.75, 3.05) is 20.2 Å². The smallest absolute Gasteiger partial charge is 0.393 e. The third kappa shape index (κ3) is 6.82. The number of urea groups is 1. The van der Waals surface area contributed by atoms with Crippen LogP contribution in [0.2, 0.25) is 0 Å². The number of nitrogens with zero attached hydrogens (tertiary/aromatic N) is 6. The van der Waals surface area contributed by atoms with Crippen LogP contribution in [0.4, 0.5) is 26.7 Å². The summed E-state index contributed by atoms with van der Waals surface area (Å²) < 4.78 is 77.7. The zero-order valence-electron chi connectivity index (χ0n) is 22.4. The molecule has 0 bridgehead atoms. The zero-order chi connectivity index (χ0) is 29.9. The fourth-order valence-corrected chi connectivity index (χ4v) is 4.25. The Kier molecular flexibility index (Phi) is 8.63. The molecule has 3 amide bonds. The van der Waals surface area contributed by atoms with E-state index in [-0.39, 0.29) is 56.2 Å². The number of hydrogen-bond acceptors (Lipinski definition) is 8. The first-order valence-electron chi connectivity index (χ1n) is 12.7. The molecule has 41 heavy (non-hydrogen) atoms. The molecule has 17 heteroatoms. The highest BCUT2D eigenvalue weighted by molar-refractivity contribution is 5.94. The molecule has 4 rings (SSSR count). The molecule has 1 fully saturated rings. The fourth-order valence-electron chi connectivity index (χ4n) is 4.25. The first-order chi connectivity index (χ1) is 19.3. The van der Waals surface area contributed by atoms with Gasteiger partial charge in [-0.3, -0.25) is 4.79 Å². The molecule has 12 nitrogen and oxygen atoms in total. The summed E-state index contributed by atoms with van der Waals surface area (Å²) in [7, 11) is 1.25. The Balaban J connectivity index is 1.56. The number of rotatable bonds is 10. The molecule has 3 aromatic rings. The van der Waals surface area contributed by atoms with E-state index < -0.39 is 41.9 Å². The van der Waals surface area contributed by atoms with Gasteiger partial charge in [0.25, 0.3) is 11.8 Å². The first kappa shape index (κ1) is 29.9. The van der Waals surface area contributed by atoms with Crippen LogP contribution in [0.5, 0.6) is 5.88 Å². The molecule has 0 unspecified atom stereocenters. The fraction of sp³-hybridized carbons (Fsp3) is 0.583. The predicted octanol–water partition coefficient (Wildman–Crippen LogP) is 3.76. The van der Waals surface area contributed by atoms with Gasteiger partial charge in [0, 0.05) is 25.6 Å². The van der Waals surface area contributed by atoms with E-state index in [1.807, 2.05) is 0 Å². The summed E-state index contributed by atoms with van der Waals surface area (Å²) in [5.74, 6) is -1.93. The van der Waals surface area contributed by atoms with E-state index >= 15 is 0 Å². The average Bonchev–Trinajstić information content (AvgIpc) is 3.51. The van der Waals surface area contributed by atoms with E-state index in [0.717, 1.165) is 13.8 Å². The number of carbonyl (C=O) groups excluding carboxylic acids is 2. The Hall–Kier alpha value is -4.05. The summed E-state index contributed by atoms with van der Waals surface area (Å²) in [4.78, 5) is 31.2. The lowest BCUT2D eigenvalue weighted by Crippen LogP contribution is -2.38. The quantitative estimate of drug-likeness (QED) is 0.342. The average molecular weight is 589 g/mol. The van der Waals surface area contributed by atoms with E-state index in [1.165, 1.54) is 28.9 Å². The first-order valence-corrected chi connectivity index (χ1v) is 12.7. The summed E-state index contributed by atoms with van der Waals surface area (Å²) in [6.07, 6.45) is -4.45. The highest BCUT2D eigenvalue weighted by Gasteiger charge is 2.47. The molecule has 0 aliphatic carbocycles. The lowest BCUT2D eigenvalue weighted by Gasteiger charge is -2.29. The maximum atomic E-state index is 13.6. The van der Waals surface area contributed by atoms with Crippen LogP contribution in [0.1, 0.15) is 60.9 Å². The molecule has 0 aromatic carbocycles. The number of amides is 3.